The van der Waals surface area contributed by atoms with Crippen LogP contribution in [0.3, 0.4) is 0 Å². The zero-order valence-electron chi connectivity index (χ0n) is 13.9. The third-order valence-corrected chi connectivity index (χ3v) is 5.53. The number of nitrogens with zero attached hydrogens (tertiary/aromatic N) is 1. The highest BCUT2D eigenvalue weighted by Gasteiger charge is 2.58. The highest BCUT2D eigenvalue weighted by Crippen LogP contribution is 2.48. The Hall–Kier alpha value is -1.88. The highest BCUT2D eigenvalue weighted by atomic mass is 16.5. The number of carbonyl (C=O) groups excluding carboxylic acids is 2. The number of carbonyl (C=O) groups is 2. The van der Waals surface area contributed by atoms with Crippen LogP contribution in [0, 0.1) is 5.41 Å². The minimum absolute atomic E-state index is 0.00171. The molecule has 5 nitrogen and oxygen atoms in total. The van der Waals surface area contributed by atoms with E-state index in [4.69, 9.17) is 4.74 Å². The number of nitrogens with one attached hydrogen (secondary N) is 1. The van der Waals surface area contributed by atoms with Gasteiger partial charge in [0, 0.05) is 26.2 Å². The summed E-state index contributed by atoms with van der Waals surface area (Å²) in [5.74, 6) is -0.108. The molecule has 1 saturated carbocycles. The van der Waals surface area contributed by atoms with Crippen LogP contribution in [-0.2, 0) is 27.3 Å². The fourth-order valence-electron chi connectivity index (χ4n) is 3.82. The van der Waals surface area contributed by atoms with Crippen LogP contribution in [0.5, 0.6) is 0 Å². The van der Waals surface area contributed by atoms with Gasteiger partial charge in [-0.05, 0) is 43.2 Å². The van der Waals surface area contributed by atoms with Crippen molar-refractivity contribution >= 4 is 11.8 Å². The normalized spacial score (nSPS) is 24.3. The monoisotopic (exact) mass is 328 g/mol. The Morgan fingerprint density at radius 2 is 2.04 bits per heavy atom. The third kappa shape index (κ3) is 2.81. The van der Waals surface area contributed by atoms with E-state index in [0.29, 0.717) is 32.5 Å². The minimum atomic E-state index is -0.815. The lowest BCUT2D eigenvalue weighted by Crippen LogP contribution is -2.48. The maximum absolute atomic E-state index is 13.0. The van der Waals surface area contributed by atoms with Gasteiger partial charge in [0.2, 0.25) is 11.8 Å². The molecule has 0 aromatic heterocycles. The van der Waals surface area contributed by atoms with Crippen molar-refractivity contribution in [1.29, 1.82) is 0 Å². The molecule has 0 spiro atoms. The quantitative estimate of drug-likeness (QED) is 0.855. The molecule has 2 heterocycles. The first-order valence-corrected chi connectivity index (χ1v) is 8.95. The molecule has 5 heteroatoms. The van der Waals surface area contributed by atoms with Gasteiger partial charge in [-0.3, -0.25) is 9.59 Å². The number of ether oxygens (including phenoxy) is 1. The second kappa shape index (κ2) is 6.20. The minimum Gasteiger partial charge on any atom is -0.376 e. The first kappa shape index (κ1) is 15.6. The third-order valence-electron chi connectivity index (χ3n) is 5.53. The van der Waals surface area contributed by atoms with Crippen LogP contribution in [0.2, 0.25) is 0 Å². The highest BCUT2D eigenvalue weighted by molar-refractivity contribution is 6.07. The molecule has 1 atom stereocenters. The number of amides is 2. The molecule has 1 saturated heterocycles. The Morgan fingerprint density at radius 1 is 1.25 bits per heavy atom. The molecular weight excluding hydrogens is 304 g/mol. The topological polar surface area (TPSA) is 58.6 Å². The predicted molar refractivity (Wildman–Crippen MR) is 89.2 cm³/mol. The molecule has 0 bridgehead atoms. The zero-order chi connectivity index (χ0) is 16.6. The number of hydrogen-bond acceptors (Lipinski definition) is 3. The summed E-state index contributed by atoms with van der Waals surface area (Å²) in [6, 6.07) is 8.25. The summed E-state index contributed by atoms with van der Waals surface area (Å²) in [4.78, 5) is 27.4. The van der Waals surface area contributed by atoms with Gasteiger partial charge in [0.05, 0.1) is 6.10 Å². The van der Waals surface area contributed by atoms with Gasteiger partial charge in [-0.25, -0.2) is 0 Å². The van der Waals surface area contributed by atoms with Crippen molar-refractivity contribution in [2.75, 3.05) is 19.7 Å². The van der Waals surface area contributed by atoms with Crippen LogP contribution in [0.1, 0.15) is 36.8 Å². The SMILES string of the molecule is O=C(NCC1CCCO1)C1(C(=O)N2CCc3ccccc3C2)CC1. The van der Waals surface area contributed by atoms with E-state index in [-0.39, 0.29) is 17.9 Å². The molecule has 128 valence electrons. The van der Waals surface area contributed by atoms with Crippen LogP contribution >= 0.6 is 0 Å². The van der Waals surface area contributed by atoms with Crippen LogP contribution in [0.4, 0.5) is 0 Å². The van der Waals surface area contributed by atoms with E-state index < -0.39 is 5.41 Å². The molecule has 1 unspecified atom stereocenters. The van der Waals surface area contributed by atoms with E-state index >= 15 is 0 Å². The van der Waals surface area contributed by atoms with E-state index in [9.17, 15) is 9.59 Å². The van der Waals surface area contributed by atoms with E-state index in [2.05, 4.69) is 17.4 Å². The number of fused-ring (bicyclic) bond motifs is 1. The average Bonchev–Trinajstić information content (AvgIpc) is 3.27. The van der Waals surface area contributed by atoms with Gasteiger partial charge in [-0.2, -0.15) is 0 Å². The number of hydrogen-bond donors (Lipinski definition) is 1. The molecule has 1 aromatic rings. The van der Waals surface area contributed by atoms with Crippen molar-refractivity contribution in [1.82, 2.24) is 10.2 Å². The summed E-state index contributed by atoms with van der Waals surface area (Å²) in [5, 5.41) is 2.96. The largest absolute Gasteiger partial charge is 0.376 e. The van der Waals surface area contributed by atoms with Gasteiger partial charge in [0.1, 0.15) is 5.41 Å². The number of benzene rings is 1. The van der Waals surface area contributed by atoms with Gasteiger partial charge < -0.3 is 15.0 Å². The fourth-order valence-corrected chi connectivity index (χ4v) is 3.82. The standard InChI is InChI=1S/C19H24N2O3/c22-17(20-12-16-6-3-11-24-16)19(8-9-19)18(23)21-10-7-14-4-1-2-5-15(14)13-21/h1-2,4-5,16H,3,6-13H2,(H,20,22). The second-order valence-corrected chi connectivity index (χ2v) is 7.17. The summed E-state index contributed by atoms with van der Waals surface area (Å²) >= 11 is 0. The molecule has 2 fully saturated rings. The maximum Gasteiger partial charge on any atom is 0.238 e. The molecule has 1 aliphatic carbocycles. The predicted octanol–water partition coefficient (Wildman–Crippen LogP) is 1.65. The summed E-state index contributed by atoms with van der Waals surface area (Å²) in [7, 11) is 0. The zero-order valence-corrected chi connectivity index (χ0v) is 13.9. The van der Waals surface area contributed by atoms with Gasteiger partial charge in [0.15, 0.2) is 0 Å². The fraction of sp³-hybridized carbons (Fsp3) is 0.579. The molecule has 2 amide bonds. The maximum atomic E-state index is 13.0. The lowest BCUT2D eigenvalue weighted by Gasteiger charge is -2.31. The van der Waals surface area contributed by atoms with Crippen molar-refractivity contribution in [3.8, 4) is 0 Å². The van der Waals surface area contributed by atoms with Crippen LogP contribution in [0.15, 0.2) is 24.3 Å². The Morgan fingerprint density at radius 3 is 2.75 bits per heavy atom. The smallest absolute Gasteiger partial charge is 0.238 e. The summed E-state index contributed by atoms with van der Waals surface area (Å²) < 4.78 is 5.54. The van der Waals surface area contributed by atoms with Gasteiger partial charge >= 0.3 is 0 Å². The van der Waals surface area contributed by atoms with Crippen LogP contribution < -0.4 is 5.32 Å². The van der Waals surface area contributed by atoms with Gasteiger partial charge in [0.25, 0.3) is 0 Å². The Balaban J connectivity index is 1.39. The van der Waals surface area contributed by atoms with E-state index in [1.54, 1.807) is 0 Å². The Labute approximate surface area is 142 Å². The number of rotatable bonds is 4. The molecule has 0 radical (unpaired) electrons. The van der Waals surface area contributed by atoms with E-state index in [1.165, 1.54) is 11.1 Å². The summed E-state index contributed by atoms with van der Waals surface area (Å²) in [5.41, 5.74) is 1.70. The van der Waals surface area contributed by atoms with Crippen molar-refractivity contribution < 1.29 is 14.3 Å². The van der Waals surface area contributed by atoms with Crippen LogP contribution in [0.25, 0.3) is 0 Å². The van der Waals surface area contributed by atoms with Gasteiger partial charge in [-0.1, -0.05) is 24.3 Å². The van der Waals surface area contributed by atoms with E-state index in [1.807, 2.05) is 17.0 Å². The van der Waals surface area contributed by atoms with Crippen molar-refractivity contribution in [3.63, 3.8) is 0 Å². The molecule has 1 aromatic carbocycles. The van der Waals surface area contributed by atoms with Crippen molar-refractivity contribution in [2.24, 2.45) is 5.41 Å². The Bertz CT molecular complexity index is 648. The first-order chi connectivity index (χ1) is 11.7. The van der Waals surface area contributed by atoms with Gasteiger partial charge in [-0.15, -0.1) is 0 Å². The van der Waals surface area contributed by atoms with Crippen LogP contribution in [-0.4, -0.2) is 42.5 Å². The molecule has 24 heavy (non-hydrogen) atoms. The molecule has 1 N–H and O–H groups in total. The summed E-state index contributed by atoms with van der Waals surface area (Å²) in [6.45, 7) is 2.63. The lowest BCUT2D eigenvalue weighted by atomic mass is 9.97. The lowest BCUT2D eigenvalue weighted by molar-refractivity contribution is -0.145. The van der Waals surface area contributed by atoms with E-state index in [0.717, 1.165) is 25.9 Å². The summed E-state index contributed by atoms with van der Waals surface area (Å²) in [6.07, 6.45) is 4.36. The second-order valence-electron chi connectivity index (χ2n) is 7.17. The average molecular weight is 328 g/mol. The molecular formula is C19H24N2O3. The first-order valence-electron chi connectivity index (χ1n) is 8.95. The molecule has 3 aliphatic rings. The van der Waals surface area contributed by atoms with Crippen molar-refractivity contribution in [3.05, 3.63) is 35.4 Å². The Kier molecular flexibility index (Phi) is 4.04. The molecule has 4 rings (SSSR count). The molecule has 2 aliphatic heterocycles. The van der Waals surface area contributed by atoms with Crippen molar-refractivity contribution in [2.45, 2.75) is 44.8 Å².